The minimum absolute atomic E-state index is 0.0535. The molecule has 45 heavy (non-hydrogen) atoms. The lowest BCUT2D eigenvalue weighted by Crippen LogP contribution is -2.36. The van der Waals surface area contributed by atoms with E-state index in [-0.39, 0.29) is 22.3 Å². The Bertz CT molecular complexity index is 1810. The Morgan fingerprint density at radius 2 is 1.51 bits per heavy atom. The molecule has 0 radical (unpaired) electrons. The van der Waals surface area contributed by atoms with Gasteiger partial charge in [-0.05, 0) is 72.4 Å². The molecule has 0 fully saturated rings. The van der Waals surface area contributed by atoms with E-state index in [1.165, 1.54) is 24.3 Å². The summed E-state index contributed by atoms with van der Waals surface area (Å²) >= 11 is 0. The monoisotopic (exact) mass is 645 g/mol. The first-order chi connectivity index (χ1) is 21.0. The van der Waals surface area contributed by atoms with Crippen molar-refractivity contribution >= 4 is 38.9 Å². The van der Waals surface area contributed by atoms with Crippen molar-refractivity contribution in [3.05, 3.63) is 100 Å². The van der Waals surface area contributed by atoms with Gasteiger partial charge in [0.15, 0.2) is 27.5 Å². The number of aliphatic carboxylic acids is 1. The standard InChI is InChI=1S/C31H26F3NO9S/c1-45(42,43)27-14-22(11-12-26(27)44-31(32,33)34)24(36)15-23(21-10-5-17-3-2-4-20(17)13-21)28(38)18-6-8-19(9-7-18)29(39)35-16-25(37)30(40)41/h5-15,25,37H,2-4,16H2,1H3,(H,35,39)(H,40,41)/t25-/m1/s1. The molecular weight excluding hydrogens is 619 g/mol. The third kappa shape index (κ3) is 8.22. The van der Waals surface area contributed by atoms with E-state index in [1.54, 1.807) is 12.1 Å². The largest absolute Gasteiger partial charge is 0.573 e. The number of rotatable bonds is 11. The number of alkyl halides is 3. The summed E-state index contributed by atoms with van der Waals surface area (Å²) in [6.45, 7) is -0.549. The van der Waals surface area contributed by atoms with Crippen LogP contribution >= 0.6 is 0 Å². The van der Waals surface area contributed by atoms with Crippen LogP contribution in [0.1, 0.15) is 54.2 Å². The van der Waals surface area contributed by atoms with Crippen LogP contribution in [0.2, 0.25) is 0 Å². The molecule has 0 aromatic heterocycles. The van der Waals surface area contributed by atoms with Gasteiger partial charge in [0.05, 0.1) is 6.54 Å². The van der Waals surface area contributed by atoms with E-state index in [4.69, 9.17) is 5.11 Å². The van der Waals surface area contributed by atoms with Crippen LogP contribution in [0.3, 0.4) is 0 Å². The van der Waals surface area contributed by atoms with Crippen LogP contribution in [0, 0.1) is 0 Å². The molecule has 1 amide bonds. The fourth-order valence-corrected chi connectivity index (χ4v) is 5.52. The van der Waals surface area contributed by atoms with Gasteiger partial charge in [-0.3, -0.25) is 14.4 Å². The van der Waals surface area contributed by atoms with E-state index < -0.39 is 62.9 Å². The molecule has 0 unspecified atom stereocenters. The molecule has 1 atom stereocenters. The van der Waals surface area contributed by atoms with Crippen molar-refractivity contribution in [2.75, 3.05) is 12.8 Å². The Labute approximate surface area is 255 Å². The first kappa shape index (κ1) is 33.1. The average Bonchev–Trinajstić information content (AvgIpc) is 3.45. The van der Waals surface area contributed by atoms with Crippen LogP contribution in [-0.4, -0.2) is 67.3 Å². The first-order valence-electron chi connectivity index (χ1n) is 13.4. The van der Waals surface area contributed by atoms with Crippen LogP contribution in [0.15, 0.2) is 71.6 Å². The van der Waals surface area contributed by atoms with Gasteiger partial charge in [0, 0.05) is 28.5 Å². The molecule has 3 N–H and O–H groups in total. The maximum absolute atomic E-state index is 13.8. The van der Waals surface area contributed by atoms with Gasteiger partial charge in [-0.1, -0.05) is 30.3 Å². The van der Waals surface area contributed by atoms with Crippen molar-refractivity contribution in [3.63, 3.8) is 0 Å². The number of fused-ring (bicyclic) bond motifs is 1. The number of Topliss-reactive ketones (excluding diaryl/α,β-unsaturated/α-hetero) is 1. The second-order valence-corrected chi connectivity index (χ2v) is 12.2. The summed E-state index contributed by atoms with van der Waals surface area (Å²) < 4.78 is 66.9. The van der Waals surface area contributed by atoms with Gasteiger partial charge < -0.3 is 20.3 Å². The highest BCUT2D eigenvalue weighted by atomic mass is 32.2. The van der Waals surface area contributed by atoms with Crippen LogP contribution in [0.5, 0.6) is 5.75 Å². The Kier molecular flexibility index (Phi) is 9.59. The van der Waals surface area contributed by atoms with Gasteiger partial charge in [-0.2, -0.15) is 0 Å². The summed E-state index contributed by atoms with van der Waals surface area (Å²) in [4.78, 5) is 49.4. The number of amides is 1. The number of ketones is 2. The molecule has 0 spiro atoms. The minimum Gasteiger partial charge on any atom is -0.479 e. The number of carboxylic acid groups (broad SMARTS) is 1. The van der Waals surface area contributed by atoms with Crippen LogP contribution in [0.4, 0.5) is 13.2 Å². The second kappa shape index (κ2) is 13.0. The number of sulfone groups is 1. The highest BCUT2D eigenvalue weighted by Crippen LogP contribution is 2.32. The van der Waals surface area contributed by atoms with Crippen molar-refractivity contribution in [2.24, 2.45) is 0 Å². The van der Waals surface area contributed by atoms with E-state index in [0.717, 1.165) is 48.6 Å². The highest BCUT2D eigenvalue weighted by molar-refractivity contribution is 7.90. The van der Waals surface area contributed by atoms with Crippen molar-refractivity contribution in [2.45, 2.75) is 36.6 Å². The van der Waals surface area contributed by atoms with Gasteiger partial charge in [0.25, 0.3) is 5.91 Å². The molecule has 1 aliphatic carbocycles. The Hall–Kier alpha value is -4.82. The summed E-state index contributed by atoms with van der Waals surface area (Å²) in [5.41, 5.74) is 2.14. The average molecular weight is 646 g/mol. The molecule has 1 aliphatic rings. The van der Waals surface area contributed by atoms with E-state index in [1.807, 2.05) is 6.07 Å². The number of aryl methyl sites for hydroxylation is 2. The number of carboxylic acids is 1. The molecule has 0 bridgehead atoms. The molecule has 4 rings (SSSR count). The van der Waals surface area contributed by atoms with Crippen LogP contribution < -0.4 is 10.1 Å². The van der Waals surface area contributed by atoms with Crippen molar-refractivity contribution in [3.8, 4) is 5.75 Å². The second-order valence-electron chi connectivity index (χ2n) is 10.2. The van der Waals surface area contributed by atoms with Gasteiger partial charge in [0.1, 0.15) is 10.6 Å². The maximum atomic E-state index is 13.8. The summed E-state index contributed by atoms with van der Waals surface area (Å²) in [7, 11) is -4.27. The highest BCUT2D eigenvalue weighted by Gasteiger charge is 2.34. The molecule has 0 saturated heterocycles. The van der Waals surface area contributed by atoms with Gasteiger partial charge >= 0.3 is 12.3 Å². The smallest absolute Gasteiger partial charge is 0.479 e. The van der Waals surface area contributed by atoms with Crippen molar-refractivity contribution in [1.82, 2.24) is 5.32 Å². The molecular formula is C31H26F3NO9S. The maximum Gasteiger partial charge on any atom is 0.573 e. The van der Waals surface area contributed by atoms with Gasteiger partial charge in [-0.25, -0.2) is 13.2 Å². The normalized spacial score (nSPS) is 13.9. The number of aliphatic hydroxyl groups is 1. The number of nitrogens with one attached hydrogen (secondary N) is 1. The zero-order chi connectivity index (χ0) is 33.1. The third-order valence-corrected chi connectivity index (χ3v) is 8.05. The number of benzene rings is 3. The first-order valence-corrected chi connectivity index (χ1v) is 15.2. The van der Waals surface area contributed by atoms with Gasteiger partial charge in [-0.15, -0.1) is 13.2 Å². The molecule has 0 heterocycles. The summed E-state index contributed by atoms with van der Waals surface area (Å²) in [6.07, 6.45) is -2.88. The van der Waals surface area contributed by atoms with E-state index >= 15 is 0 Å². The lowest BCUT2D eigenvalue weighted by Gasteiger charge is -2.13. The number of allylic oxidation sites excluding steroid dienone is 2. The molecule has 3 aromatic rings. The minimum atomic E-state index is -5.19. The molecule has 3 aromatic carbocycles. The molecule has 0 saturated carbocycles. The SMILES string of the molecule is CS(=O)(=O)c1cc(C(=O)C=C(C(=O)c2ccc(C(=O)NC[C@@H](O)C(=O)O)cc2)c2ccc3c(c2)CCC3)ccc1OC(F)(F)F. The van der Waals surface area contributed by atoms with E-state index in [0.29, 0.717) is 17.9 Å². The van der Waals surface area contributed by atoms with Crippen molar-refractivity contribution in [1.29, 1.82) is 0 Å². The predicted octanol–water partition coefficient (Wildman–Crippen LogP) is 3.80. The lowest BCUT2D eigenvalue weighted by atomic mass is 9.92. The number of hydrogen-bond acceptors (Lipinski definition) is 8. The molecule has 14 heteroatoms. The third-order valence-electron chi connectivity index (χ3n) is 6.93. The summed E-state index contributed by atoms with van der Waals surface area (Å²) in [5, 5.41) is 20.4. The van der Waals surface area contributed by atoms with Crippen LogP contribution in [-0.2, 0) is 27.5 Å². The topological polar surface area (TPSA) is 164 Å². The zero-order valence-corrected chi connectivity index (χ0v) is 24.4. The molecule has 0 aliphatic heterocycles. The quantitative estimate of drug-likeness (QED) is 0.208. The number of ether oxygens (including phenoxy) is 1. The number of carbonyl (C=O) groups is 4. The Morgan fingerprint density at radius 3 is 2.13 bits per heavy atom. The molecule has 10 nitrogen and oxygen atoms in total. The fourth-order valence-electron chi connectivity index (χ4n) is 4.70. The predicted molar refractivity (Wildman–Crippen MR) is 154 cm³/mol. The summed E-state index contributed by atoms with van der Waals surface area (Å²) in [5.74, 6) is -4.75. The molecule has 236 valence electrons. The number of carbonyl (C=O) groups excluding carboxylic acids is 3. The van der Waals surface area contributed by atoms with Gasteiger partial charge in [0.2, 0.25) is 0 Å². The fraction of sp³-hybridized carbons (Fsp3) is 0.226. The Morgan fingerprint density at radius 1 is 0.911 bits per heavy atom. The lowest BCUT2D eigenvalue weighted by molar-refractivity contribution is -0.275. The number of hydrogen-bond donors (Lipinski definition) is 3. The van der Waals surface area contributed by atoms with E-state index in [9.17, 15) is 45.9 Å². The number of aliphatic hydroxyl groups excluding tert-OH is 1. The van der Waals surface area contributed by atoms with E-state index in [2.05, 4.69) is 10.1 Å². The Balaban J connectivity index is 1.71. The number of halogens is 3. The summed E-state index contributed by atoms with van der Waals surface area (Å²) in [6, 6.07) is 12.8. The van der Waals surface area contributed by atoms with Crippen LogP contribution in [0.25, 0.3) is 5.57 Å². The zero-order valence-electron chi connectivity index (χ0n) is 23.6. The van der Waals surface area contributed by atoms with Crippen molar-refractivity contribution < 1.29 is 55.7 Å².